The molecule has 2 unspecified atom stereocenters. The SMILES string of the molecule is CC.N#CB1CC=CC(Oc2cc(F)cc(F)c2)C1CO. The van der Waals surface area contributed by atoms with Gasteiger partial charge in [-0.1, -0.05) is 19.9 Å². The summed E-state index contributed by atoms with van der Waals surface area (Å²) in [5.41, 5.74) is 0. The fraction of sp³-hybridized carbons (Fsp3) is 0.400. The second-order valence-corrected chi connectivity index (χ2v) is 4.43. The van der Waals surface area contributed by atoms with Crippen molar-refractivity contribution in [2.75, 3.05) is 6.61 Å². The normalized spacial score (nSPS) is 20.3. The number of allylic oxidation sites excluding steroid dienone is 1. The molecule has 112 valence electrons. The smallest absolute Gasteiger partial charge is 0.281 e. The number of halogens is 2. The Morgan fingerprint density at radius 1 is 1.33 bits per heavy atom. The third-order valence-corrected chi connectivity index (χ3v) is 3.14. The molecular weight excluding hydrogens is 275 g/mol. The predicted molar refractivity (Wildman–Crippen MR) is 78.3 cm³/mol. The van der Waals surface area contributed by atoms with Crippen molar-refractivity contribution in [3.63, 3.8) is 0 Å². The fourth-order valence-electron chi connectivity index (χ4n) is 2.17. The second kappa shape index (κ2) is 8.43. The van der Waals surface area contributed by atoms with Gasteiger partial charge in [0.25, 0.3) is 6.71 Å². The van der Waals surface area contributed by atoms with E-state index < -0.39 is 23.6 Å². The van der Waals surface area contributed by atoms with Gasteiger partial charge >= 0.3 is 0 Å². The standard InChI is InChI=1S/C13H12BF2NO2.C2H6/c15-9-4-10(16)6-11(5-9)19-13-2-1-3-14(8-17)12(13)7-18;1-2/h1-2,4-6,12-13,18H,3,7H2;1-2H3. The number of hydrogen-bond acceptors (Lipinski definition) is 3. The first-order valence-corrected chi connectivity index (χ1v) is 6.94. The fourth-order valence-corrected chi connectivity index (χ4v) is 2.17. The van der Waals surface area contributed by atoms with Crippen LogP contribution in [-0.2, 0) is 0 Å². The lowest BCUT2D eigenvalue weighted by atomic mass is 9.37. The van der Waals surface area contributed by atoms with Crippen LogP contribution >= 0.6 is 0 Å². The second-order valence-electron chi connectivity index (χ2n) is 4.43. The molecule has 0 fully saturated rings. The Morgan fingerprint density at radius 3 is 2.48 bits per heavy atom. The molecule has 0 saturated carbocycles. The van der Waals surface area contributed by atoms with Crippen molar-refractivity contribution in [1.29, 1.82) is 5.26 Å². The van der Waals surface area contributed by atoms with Crippen LogP contribution < -0.4 is 4.74 Å². The molecular formula is C15H18BF2NO2. The van der Waals surface area contributed by atoms with Crippen LogP contribution in [0.15, 0.2) is 30.4 Å². The zero-order valence-electron chi connectivity index (χ0n) is 12.1. The van der Waals surface area contributed by atoms with Gasteiger partial charge in [0.05, 0.1) is 0 Å². The van der Waals surface area contributed by atoms with Crippen LogP contribution in [0.3, 0.4) is 0 Å². The highest BCUT2D eigenvalue weighted by molar-refractivity contribution is 6.69. The minimum Gasteiger partial charge on any atom is -0.486 e. The summed E-state index contributed by atoms with van der Waals surface area (Å²) in [5.74, 6) is 0.289. The van der Waals surface area contributed by atoms with E-state index in [1.165, 1.54) is 0 Å². The lowest BCUT2D eigenvalue weighted by Gasteiger charge is -2.28. The lowest BCUT2D eigenvalue weighted by Crippen LogP contribution is -2.36. The van der Waals surface area contributed by atoms with Crippen molar-refractivity contribution in [2.24, 2.45) is 0 Å². The summed E-state index contributed by atoms with van der Waals surface area (Å²) in [7, 11) is 0. The highest BCUT2D eigenvalue weighted by Gasteiger charge is 2.35. The van der Waals surface area contributed by atoms with E-state index in [0.717, 1.165) is 18.2 Å². The topological polar surface area (TPSA) is 53.2 Å². The molecule has 0 amide bonds. The first kappa shape index (κ1) is 17.2. The van der Waals surface area contributed by atoms with E-state index in [1.54, 1.807) is 12.2 Å². The molecule has 0 bridgehead atoms. The number of aliphatic hydroxyl groups is 1. The number of ether oxygens (including phenoxy) is 1. The van der Waals surface area contributed by atoms with Crippen molar-refractivity contribution >= 4 is 6.71 Å². The van der Waals surface area contributed by atoms with Crippen LogP contribution in [-0.4, -0.2) is 24.5 Å². The number of benzene rings is 1. The highest BCUT2D eigenvalue weighted by atomic mass is 19.1. The van der Waals surface area contributed by atoms with E-state index in [1.807, 2.05) is 13.8 Å². The van der Waals surface area contributed by atoms with Gasteiger partial charge in [0.1, 0.15) is 23.5 Å². The molecule has 0 radical (unpaired) electrons. The Kier molecular flexibility index (Phi) is 6.90. The largest absolute Gasteiger partial charge is 0.486 e. The van der Waals surface area contributed by atoms with Crippen LogP contribution in [0.1, 0.15) is 13.8 Å². The number of nitriles is 1. The van der Waals surface area contributed by atoms with Gasteiger partial charge in [-0.25, -0.2) is 14.0 Å². The molecule has 21 heavy (non-hydrogen) atoms. The van der Waals surface area contributed by atoms with Gasteiger partial charge in [-0.05, 0) is 12.4 Å². The average Bonchev–Trinajstić information content (AvgIpc) is 2.48. The van der Waals surface area contributed by atoms with Gasteiger partial charge in [0.15, 0.2) is 0 Å². The molecule has 0 aliphatic carbocycles. The van der Waals surface area contributed by atoms with Gasteiger partial charge in [0.2, 0.25) is 0 Å². The van der Waals surface area contributed by atoms with Crippen molar-refractivity contribution in [3.8, 4) is 11.7 Å². The quantitative estimate of drug-likeness (QED) is 0.687. The van der Waals surface area contributed by atoms with E-state index in [2.05, 4.69) is 5.97 Å². The molecule has 0 aromatic heterocycles. The molecule has 2 atom stereocenters. The van der Waals surface area contributed by atoms with E-state index >= 15 is 0 Å². The summed E-state index contributed by atoms with van der Waals surface area (Å²) < 4.78 is 31.6. The Balaban J connectivity index is 0.00000106. The molecule has 1 aliphatic heterocycles. The van der Waals surface area contributed by atoms with Crippen molar-refractivity contribution in [1.82, 2.24) is 0 Å². The monoisotopic (exact) mass is 293 g/mol. The zero-order chi connectivity index (χ0) is 15.8. The molecule has 2 rings (SSSR count). The third kappa shape index (κ3) is 4.57. The summed E-state index contributed by atoms with van der Waals surface area (Å²) in [4.78, 5) is 0. The van der Waals surface area contributed by atoms with Gasteiger partial charge in [0, 0.05) is 36.6 Å². The Labute approximate surface area is 123 Å². The Morgan fingerprint density at radius 2 is 1.95 bits per heavy atom. The highest BCUT2D eigenvalue weighted by Crippen LogP contribution is 2.28. The van der Waals surface area contributed by atoms with E-state index in [9.17, 15) is 13.9 Å². The van der Waals surface area contributed by atoms with Crippen molar-refractivity contribution in [2.45, 2.75) is 32.1 Å². The van der Waals surface area contributed by atoms with Gasteiger partial charge in [-0.3, -0.25) is 0 Å². The van der Waals surface area contributed by atoms with Crippen LogP contribution in [0.2, 0.25) is 12.1 Å². The molecule has 6 heteroatoms. The first-order chi connectivity index (χ1) is 10.1. The molecule has 1 N–H and O–H groups in total. The molecule has 1 aromatic carbocycles. The summed E-state index contributed by atoms with van der Waals surface area (Å²) in [6.07, 6.45) is 3.46. The van der Waals surface area contributed by atoms with Gasteiger partial charge < -0.3 is 9.84 Å². The maximum Gasteiger partial charge on any atom is 0.281 e. The zero-order valence-corrected chi connectivity index (χ0v) is 12.1. The number of aliphatic hydroxyl groups excluding tert-OH is 1. The van der Waals surface area contributed by atoms with E-state index in [0.29, 0.717) is 6.32 Å². The van der Waals surface area contributed by atoms with Crippen LogP contribution in [0.4, 0.5) is 8.78 Å². The van der Waals surface area contributed by atoms with Crippen molar-refractivity contribution < 1.29 is 18.6 Å². The van der Waals surface area contributed by atoms with Crippen LogP contribution in [0.25, 0.3) is 0 Å². The van der Waals surface area contributed by atoms with Crippen molar-refractivity contribution in [3.05, 3.63) is 42.0 Å². The third-order valence-electron chi connectivity index (χ3n) is 3.14. The molecule has 1 aromatic rings. The average molecular weight is 293 g/mol. The predicted octanol–water partition coefficient (Wildman–Crippen LogP) is 3.23. The molecule has 3 nitrogen and oxygen atoms in total. The maximum atomic E-state index is 13.1. The molecule has 0 spiro atoms. The van der Waals surface area contributed by atoms with Crippen LogP contribution in [0, 0.1) is 22.9 Å². The Bertz CT molecular complexity index is 511. The minimum atomic E-state index is -0.729. The Hall–Kier alpha value is -1.87. The number of hydrogen-bond donors (Lipinski definition) is 1. The summed E-state index contributed by atoms with van der Waals surface area (Å²) >= 11 is 0. The van der Waals surface area contributed by atoms with Gasteiger partial charge in [-0.15, -0.1) is 0 Å². The van der Waals surface area contributed by atoms with Gasteiger partial charge in [-0.2, -0.15) is 0 Å². The lowest BCUT2D eigenvalue weighted by molar-refractivity contribution is 0.184. The van der Waals surface area contributed by atoms with Crippen LogP contribution in [0.5, 0.6) is 5.75 Å². The molecule has 0 saturated heterocycles. The first-order valence-electron chi connectivity index (χ1n) is 6.94. The number of rotatable bonds is 3. The summed E-state index contributed by atoms with van der Waals surface area (Å²) in [6, 6.07) is 2.90. The summed E-state index contributed by atoms with van der Waals surface area (Å²) in [6.45, 7) is 3.42. The molecule has 1 heterocycles. The van der Waals surface area contributed by atoms with E-state index in [-0.39, 0.29) is 19.1 Å². The summed E-state index contributed by atoms with van der Waals surface area (Å²) in [5, 5.41) is 18.3. The van der Waals surface area contributed by atoms with E-state index in [4.69, 9.17) is 10.00 Å². The minimum absolute atomic E-state index is 0.0455. The maximum absolute atomic E-state index is 13.1. The molecule has 1 aliphatic rings. The number of nitrogens with zero attached hydrogens (tertiary/aromatic N) is 1.